The van der Waals surface area contributed by atoms with E-state index >= 15 is 0 Å². The molecule has 1 fully saturated rings. The van der Waals surface area contributed by atoms with Crippen molar-refractivity contribution in [2.24, 2.45) is 0 Å². The highest BCUT2D eigenvalue weighted by Gasteiger charge is 2.39. The zero-order valence-corrected chi connectivity index (χ0v) is 15.2. The molecule has 0 saturated carbocycles. The molecular weight excluding hydrogens is 365 g/mol. The van der Waals surface area contributed by atoms with Gasteiger partial charge in [0.2, 0.25) is 10.0 Å². The molecule has 2 aromatic carbocycles. The molecule has 1 aliphatic heterocycles. The van der Waals surface area contributed by atoms with Crippen LogP contribution in [0.25, 0.3) is 0 Å². The van der Waals surface area contributed by atoms with Gasteiger partial charge in [-0.3, -0.25) is 0 Å². The number of nitrogens with zero attached hydrogens (tertiary/aromatic N) is 1. The van der Waals surface area contributed by atoms with Gasteiger partial charge in [0, 0.05) is 13.1 Å². The van der Waals surface area contributed by atoms with Crippen LogP contribution >= 0.6 is 0 Å². The smallest absolute Gasteiger partial charge is 0.223 e. The van der Waals surface area contributed by atoms with Crippen molar-refractivity contribution in [1.82, 2.24) is 4.31 Å². The summed E-state index contributed by atoms with van der Waals surface area (Å²) in [6.07, 6.45) is 0.233. The van der Waals surface area contributed by atoms with Crippen LogP contribution in [0.4, 0.5) is 4.39 Å². The van der Waals surface area contributed by atoms with Crippen molar-refractivity contribution in [2.75, 3.05) is 13.1 Å². The number of benzene rings is 2. The van der Waals surface area contributed by atoms with Gasteiger partial charge < -0.3 is 0 Å². The quantitative estimate of drug-likeness (QED) is 0.813. The molecule has 1 heterocycles. The minimum Gasteiger partial charge on any atom is -0.223 e. The summed E-state index contributed by atoms with van der Waals surface area (Å²) >= 11 is 0. The third kappa shape index (κ3) is 3.33. The van der Waals surface area contributed by atoms with Gasteiger partial charge in [-0.25, -0.2) is 21.2 Å². The molecule has 1 atom stereocenters. The van der Waals surface area contributed by atoms with Gasteiger partial charge in [0.1, 0.15) is 5.82 Å². The van der Waals surface area contributed by atoms with Crippen molar-refractivity contribution < 1.29 is 21.2 Å². The summed E-state index contributed by atoms with van der Waals surface area (Å²) in [5.41, 5.74) is 0.300. The maximum atomic E-state index is 13.2. The molecule has 0 bridgehead atoms. The number of hydrogen-bond donors (Lipinski definition) is 0. The average molecular weight is 383 g/mol. The van der Waals surface area contributed by atoms with Crippen LogP contribution in [0.2, 0.25) is 0 Å². The molecule has 0 aliphatic carbocycles. The third-order valence-corrected chi connectivity index (χ3v) is 8.59. The molecule has 1 unspecified atom stereocenters. The second-order valence-electron chi connectivity index (χ2n) is 6.04. The topological polar surface area (TPSA) is 71.5 Å². The molecule has 25 heavy (non-hydrogen) atoms. The van der Waals surface area contributed by atoms with E-state index in [0.29, 0.717) is 5.56 Å². The molecule has 0 aromatic heterocycles. The van der Waals surface area contributed by atoms with E-state index in [1.54, 1.807) is 18.2 Å². The van der Waals surface area contributed by atoms with Crippen molar-refractivity contribution in [3.8, 4) is 0 Å². The maximum Gasteiger partial charge on any atom is 0.243 e. The summed E-state index contributed by atoms with van der Waals surface area (Å²) in [5.74, 6) is -0.512. The highest BCUT2D eigenvalue weighted by Crippen LogP contribution is 2.29. The fraction of sp³-hybridized carbons (Fsp3) is 0.294. The Kier molecular flexibility index (Phi) is 4.70. The molecule has 8 heteroatoms. The lowest BCUT2D eigenvalue weighted by molar-refractivity contribution is 0.476. The van der Waals surface area contributed by atoms with Crippen molar-refractivity contribution in [2.45, 2.75) is 28.4 Å². The first-order chi connectivity index (χ1) is 11.7. The number of hydrogen-bond acceptors (Lipinski definition) is 4. The highest BCUT2D eigenvalue weighted by atomic mass is 32.2. The Morgan fingerprint density at radius 1 is 1.04 bits per heavy atom. The lowest BCUT2D eigenvalue weighted by Gasteiger charge is -2.18. The number of rotatable bonds is 4. The lowest BCUT2D eigenvalue weighted by atomic mass is 10.2. The van der Waals surface area contributed by atoms with Gasteiger partial charge in [0.15, 0.2) is 9.84 Å². The molecule has 0 radical (unpaired) electrons. The SMILES string of the molecule is Cc1cc(F)ccc1S(=O)(=O)N1CCC(S(=O)(=O)c2ccccc2)C1. The number of aryl methyl sites for hydroxylation is 1. The normalized spacial score (nSPS) is 19.2. The second-order valence-corrected chi connectivity index (χ2v) is 10.2. The molecule has 0 spiro atoms. The Morgan fingerprint density at radius 2 is 1.72 bits per heavy atom. The number of sulfone groups is 1. The molecular formula is C17H18FNO4S2. The predicted molar refractivity (Wildman–Crippen MR) is 91.9 cm³/mol. The van der Waals surface area contributed by atoms with Crippen LogP contribution in [0.15, 0.2) is 58.3 Å². The van der Waals surface area contributed by atoms with Crippen LogP contribution in [0.3, 0.4) is 0 Å². The van der Waals surface area contributed by atoms with Gasteiger partial charge in [-0.2, -0.15) is 4.31 Å². The highest BCUT2D eigenvalue weighted by molar-refractivity contribution is 7.92. The number of sulfonamides is 1. The predicted octanol–water partition coefficient (Wildman–Crippen LogP) is 2.37. The van der Waals surface area contributed by atoms with E-state index < -0.39 is 30.9 Å². The molecule has 5 nitrogen and oxygen atoms in total. The van der Waals surface area contributed by atoms with E-state index in [0.717, 1.165) is 12.1 Å². The van der Waals surface area contributed by atoms with Crippen molar-refractivity contribution in [3.05, 3.63) is 59.9 Å². The molecule has 0 N–H and O–H groups in total. The summed E-state index contributed by atoms with van der Waals surface area (Å²) in [6.45, 7) is 1.54. The Hall–Kier alpha value is -1.77. The Bertz CT molecular complexity index is 989. The van der Waals surface area contributed by atoms with E-state index in [2.05, 4.69) is 0 Å². The van der Waals surface area contributed by atoms with Gasteiger partial charge in [-0.05, 0) is 49.2 Å². The minimum atomic E-state index is -3.86. The largest absolute Gasteiger partial charge is 0.243 e. The lowest BCUT2D eigenvalue weighted by Crippen LogP contribution is -2.32. The fourth-order valence-corrected chi connectivity index (χ4v) is 6.53. The van der Waals surface area contributed by atoms with E-state index in [4.69, 9.17) is 0 Å². The summed E-state index contributed by atoms with van der Waals surface area (Å²) in [4.78, 5) is 0.198. The first-order valence-corrected chi connectivity index (χ1v) is 10.8. The van der Waals surface area contributed by atoms with Crippen LogP contribution in [0.5, 0.6) is 0 Å². The van der Waals surface area contributed by atoms with Gasteiger partial charge in [0.05, 0.1) is 15.0 Å². The van der Waals surface area contributed by atoms with Crippen molar-refractivity contribution in [1.29, 1.82) is 0 Å². The Balaban J connectivity index is 1.87. The van der Waals surface area contributed by atoms with E-state index in [1.165, 1.54) is 29.4 Å². The molecule has 0 amide bonds. The van der Waals surface area contributed by atoms with Crippen LogP contribution in [-0.4, -0.2) is 39.5 Å². The third-order valence-electron chi connectivity index (χ3n) is 4.37. The zero-order valence-electron chi connectivity index (χ0n) is 13.6. The first kappa shape index (κ1) is 18.0. The average Bonchev–Trinajstić information content (AvgIpc) is 3.07. The second kappa shape index (κ2) is 6.51. The van der Waals surface area contributed by atoms with Gasteiger partial charge in [0.25, 0.3) is 0 Å². The standard InChI is InChI=1S/C17H18FNO4S2/c1-13-11-14(18)7-8-17(13)25(22,23)19-10-9-16(12-19)24(20,21)15-5-3-2-4-6-15/h2-8,11,16H,9-10,12H2,1H3. The first-order valence-electron chi connectivity index (χ1n) is 7.78. The van der Waals surface area contributed by atoms with E-state index in [1.807, 2.05) is 0 Å². The molecule has 1 saturated heterocycles. The Labute approximate surface area is 147 Å². The monoisotopic (exact) mass is 383 g/mol. The zero-order chi connectivity index (χ0) is 18.2. The van der Waals surface area contributed by atoms with E-state index in [-0.39, 0.29) is 29.3 Å². The van der Waals surface area contributed by atoms with Gasteiger partial charge in [-0.15, -0.1) is 0 Å². The van der Waals surface area contributed by atoms with Crippen LogP contribution in [0.1, 0.15) is 12.0 Å². The van der Waals surface area contributed by atoms with Crippen molar-refractivity contribution in [3.63, 3.8) is 0 Å². The molecule has 1 aliphatic rings. The van der Waals surface area contributed by atoms with Crippen LogP contribution < -0.4 is 0 Å². The summed E-state index contributed by atoms with van der Waals surface area (Å²) < 4.78 is 65.3. The van der Waals surface area contributed by atoms with Crippen LogP contribution in [0, 0.1) is 12.7 Å². The summed E-state index contributed by atoms with van der Waals surface area (Å²) in [7, 11) is -7.46. The van der Waals surface area contributed by atoms with Gasteiger partial charge >= 0.3 is 0 Å². The summed E-state index contributed by atoms with van der Waals surface area (Å²) in [5, 5.41) is -0.787. The maximum absolute atomic E-state index is 13.2. The summed E-state index contributed by atoms with van der Waals surface area (Å²) in [6, 6.07) is 11.5. The fourth-order valence-electron chi connectivity index (χ4n) is 3.01. The molecule has 2 aromatic rings. The van der Waals surface area contributed by atoms with Crippen molar-refractivity contribution >= 4 is 19.9 Å². The van der Waals surface area contributed by atoms with E-state index in [9.17, 15) is 21.2 Å². The van der Waals surface area contributed by atoms with Gasteiger partial charge in [-0.1, -0.05) is 18.2 Å². The number of halogens is 1. The molecule has 3 rings (SSSR count). The Morgan fingerprint density at radius 3 is 2.36 bits per heavy atom. The van der Waals surface area contributed by atoms with Crippen LogP contribution in [-0.2, 0) is 19.9 Å². The minimum absolute atomic E-state index is 0.00617. The molecule has 134 valence electrons.